The quantitative estimate of drug-likeness (QED) is 0.478. The number of fused-ring (bicyclic) bond motifs is 1. The van der Waals surface area contributed by atoms with Gasteiger partial charge in [-0.15, -0.1) is 0 Å². The summed E-state index contributed by atoms with van der Waals surface area (Å²) in [5.74, 6) is -0.395. The summed E-state index contributed by atoms with van der Waals surface area (Å²) in [4.78, 5) is 49.2. The second-order valence-corrected chi connectivity index (χ2v) is 11.2. The third-order valence-electron chi connectivity index (χ3n) is 7.56. The van der Waals surface area contributed by atoms with Crippen molar-refractivity contribution >= 4 is 34.7 Å². The van der Waals surface area contributed by atoms with Crippen LogP contribution in [-0.2, 0) is 25.7 Å². The van der Waals surface area contributed by atoms with E-state index in [-0.39, 0.29) is 24.8 Å². The van der Waals surface area contributed by atoms with Crippen molar-refractivity contribution in [2.24, 2.45) is 4.99 Å². The van der Waals surface area contributed by atoms with Crippen molar-refractivity contribution in [3.05, 3.63) is 93.2 Å². The number of benzene rings is 2. The maximum Gasteiger partial charge on any atom is 0.338 e. The Morgan fingerprint density at radius 2 is 1.68 bits per heavy atom. The monoisotopic (exact) mass is 558 g/mol. The Labute approximate surface area is 239 Å². The average Bonchev–Trinajstić information content (AvgIpc) is 3.33. The first-order valence-electron chi connectivity index (χ1n) is 13.5. The molecular weight excluding hydrogens is 524 g/mol. The first-order valence-corrected chi connectivity index (χ1v) is 14.4. The van der Waals surface area contributed by atoms with Crippen LogP contribution in [0.25, 0.3) is 0 Å². The molecule has 2 aromatic rings. The fraction of sp³-hybridized carbons (Fsp3) is 0.355. The molecule has 2 amide bonds. The molecule has 0 aromatic heterocycles. The maximum absolute atomic E-state index is 13.7. The molecule has 1 saturated heterocycles. The number of allylic oxidation sites excluding steroid dienone is 1. The number of thioether (sulfide) groups is 1. The number of ether oxygens (including phenoxy) is 1. The number of amides is 2. The van der Waals surface area contributed by atoms with Crippen molar-refractivity contribution in [2.75, 3.05) is 26.2 Å². The molecule has 0 N–H and O–H groups in total. The van der Waals surface area contributed by atoms with Gasteiger partial charge in [0.25, 0.3) is 0 Å². The first kappa shape index (κ1) is 27.7. The predicted octanol–water partition coefficient (Wildman–Crippen LogP) is 4.70. The Morgan fingerprint density at radius 1 is 0.975 bits per heavy atom. The van der Waals surface area contributed by atoms with Crippen LogP contribution in [0.15, 0.2) is 75.9 Å². The molecule has 3 aliphatic rings. The summed E-state index contributed by atoms with van der Waals surface area (Å²) >= 11 is 1.47. The number of amidine groups is 1. The Balaban J connectivity index is 1.43. The summed E-state index contributed by atoms with van der Waals surface area (Å²) in [6.45, 7) is 9.75. The van der Waals surface area contributed by atoms with Crippen LogP contribution < -0.4 is 0 Å². The molecule has 3 aliphatic heterocycles. The molecule has 0 radical (unpaired) electrons. The molecule has 8 nitrogen and oxygen atoms in total. The van der Waals surface area contributed by atoms with Crippen molar-refractivity contribution in [1.29, 1.82) is 0 Å². The van der Waals surface area contributed by atoms with Gasteiger partial charge in [0, 0.05) is 38.8 Å². The van der Waals surface area contributed by atoms with Gasteiger partial charge in [-0.25, -0.2) is 9.79 Å². The van der Waals surface area contributed by atoms with E-state index in [0.29, 0.717) is 37.4 Å². The maximum atomic E-state index is 13.7. The van der Waals surface area contributed by atoms with Crippen LogP contribution in [0.1, 0.15) is 48.6 Å². The van der Waals surface area contributed by atoms with Crippen molar-refractivity contribution in [3.63, 3.8) is 0 Å². The standard InChI is InChI=1S/C31H34N4O4S/c1-20-10-11-26(21(2)16-20)29-28(30(38)39-18-24-8-6-5-7-9-24)22(3)32-31-35(29)25(19-40-31)17-27(37)34-14-12-33(13-15-34)23(4)36/h5-11,16,19,29H,12-15,17-18H2,1-4H3/t29-/m1/s1. The van der Waals surface area contributed by atoms with Gasteiger partial charge >= 0.3 is 5.97 Å². The number of piperazine rings is 1. The molecule has 0 bridgehead atoms. The molecule has 0 aliphatic carbocycles. The average molecular weight is 559 g/mol. The van der Waals surface area contributed by atoms with E-state index in [0.717, 1.165) is 33.1 Å². The van der Waals surface area contributed by atoms with E-state index in [2.05, 4.69) is 12.1 Å². The van der Waals surface area contributed by atoms with Crippen LogP contribution in [-0.4, -0.2) is 63.8 Å². The van der Waals surface area contributed by atoms with Crippen molar-refractivity contribution in [3.8, 4) is 0 Å². The topological polar surface area (TPSA) is 82.5 Å². The minimum absolute atomic E-state index is 0.00448. The minimum atomic E-state index is -0.472. The highest BCUT2D eigenvalue weighted by Crippen LogP contribution is 2.45. The summed E-state index contributed by atoms with van der Waals surface area (Å²) in [5.41, 5.74) is 5.95. The predicted molar refractivity (Wildman–Crippen MR) is 156 cm³/mol. The Hall–Kier alpha value is -3.85. The van der Waals surface area contributed by atoms with Gasteiger partial charge < -0.3 is 19.4 Å². The molecule has 9 heteroatoms. The highest BCUT2D eigenvalue weighted by molar-refractivity contribution is 8.16. The lowest BCUT2D eigenvalue weighted by molar-refractivity contribution is -0.141. The van der Waals surface area contributed by atoms with Gasteiger partial charge in [-0.1, -0.05) is 65.9 Å². The zero-order chi connectivity index (χ0) is 28.4. The van der Waals surface area contributed by atoms with Crippen LogP contribution >= 0.6 is 11.8 Å². The highest BCUT2D eigenvalue weighted by Gasteiger charge is 2.42. The molecule has 3 heterocycles. The molecule has 0 spiro atoms. The SMILES string of the molecule is CC(=O)N1CCN(C(=O)CC2=CSC3=NC(C)=C(C(=O)OCc4ccccc4)[C@@H](c4ccc(C)cc4C)N23)CC1. The molecule has 1 atom stereocenters. The van der Waals surface area contributed by atoms with Gasteiger partial charge in [-0.3, -0.25) is 9.59 Å². The van der Waals surface area contributed by atoms with E-state index in [1.807, 2.05) is 72.4 Å². The first-order chi connectivity index (χ1) is 19.2. The third-order valence-corrected chi connectivity index (χ3v) is 8.45. The van der Waals surface area contributed by atoms with Crippen LogP contribution in [0.3, 0.4) is 0 Å². The Kier molecular flexibility index (Phi) is 8.12. The molecular formula is C31H34N4O4S. The van der Waals surface area contributed by atoms with Crippen LogP contribution in [0.5, 0.6) is 0 Å². The molecule has 40 heavy (non-hydrogen) atoms. The number of rotatable bonds is 6. The summed E-state index contributed by atoms with van der Waals surface area (Å²) in [6, 6.07) is 15.3. The lowest BCUT2D eigenvalue weighted by Gasteiger charge is -2.38. The lowest BCUT2D eigenvalue weighted by Crippen LogP contribution is -2.50. The lowest BCUT2D eigenvalue weighted by atomic mass is 9.90. The number of aryl methyl sites for hydroxylation is 2. The fourth-order valence-corrected chi connectivity index (χ4v) is 6.36. The number of hydrogen-bond donors (Lipinski definition) is 0. The number of nitrogens with zero attached hydrogens (tertiary/aromatic N) is 4. The molecule has 5 rings (SSSR count). The zero-order valence-electron chi connectivity index (χ0n) is 23.3. The number of esters is 1. The van der Waals surface area contributed by atoms with E-state index in [9.17, 15) is 14.4 Å². The van der Waals surface area contributed by atoms with Crippen LogP contribution in [0.4, 0.5) is 0 Å². The minimum Gasteiger partial charge on any atom is -0.457 e. The van der Waals surface area contributed by atoms with Crippen molar-refractivity contribution in [1.82, 2.24) is 14.7 Å². The molecule has 0 unspecified atom stereocenters. The second-order valence-electron chi connectivity index (χ2n) is 10.4. The number of aliphatic imine (C=N–C) groups is 1. The van der Waals surface area contributed by atoms with E-state index >= 15 is 0 Å². The van der Waals surface area contributed by atoms with Crippen LogP contribution in [0.2, 0.25) is 0 Å². The Morgan fingerprint density at radius 3 is 2.35 bits per heavy atom. The second kappa shape index (κ2) is 11.7. The third kappa shape index (κ3) is 5.70. The van der Waals surface area contributed by atoms with Gasteiger partial charge in [-0.2, -0.15) is 0 Å². The zero-order valence-corrected chi connectivity index (χ0v) is 24.2. The van der Waals surface area contributed by atoms with E-state index in [4.69, 9.17) is 9.73 Å². The van der Waals surface area contributed by atoms with Crippen molar-refractivity contribution in [2.45, 2.75) is 46.8 Å². The highest BCUT2D eigenvalue weighted by atomic mass is 32.2. The summed E-state index contributed by atoms with van der Waals surface area (Å²) in [5, 5.41) is 2.70. The summed E-state index contributed by atoms with van der Waals surface area (Å²) in [7, 11) is 0. The smallest absolute Gasteiger partial charge is 0.338 e. The molecule has 2 aromatic carbocycles. The summed E-state index contributed by atoms with van der Waals surface area (Å²) in [6.07, 6.45) is 0.179. The molecule has 208 valence electrons. The normalized spacial score (nSPS) is 18.8. The number of carbonyl (C=O) groups excluding carboxylic acids is 3. The number of hydrogen-bond acceptors (Lipinski definition) is 7. The Bertz CT molecular complexity index is 1420. The summed E-state index contributed by atoms with van der Waals surface area (Å²) < 4.78 is 5.82. The van der Waals surface area contributed by atoms with Gasteiger partial charge in [0.2, 0.25) is 11.8 Å². The fourth-order valence-electron chi connectivity index (χ4n) is 5.40. The van der Waals surface area contributed by atoms with Gasteiger partial charge in [-0.05, 0) is 42.9 Å². The van der Waals surface area contributed by atoms with Gasteiger partial charge in [0.15, 0.2) is 5.17 Å². The van der Waals surface area contributed by atoms with Gasteiger partial charge in [0.05, 0.1) is 23.7 Å². The van der Waals surface area contributed by atoms with E-state index in [1.165, 1.54) is 11.8 Å². The van der Waals surface area contributed by atoms with Crippen LogP contribution in [0, 0.1) is 13.8 Å². The van der Waals surface area contributed by atoms with E-state index < -0.39 is 12.0 Å². The molecule has 1 fully saturated rings. The molecule has 0 saturated carbocycles. The largest absolute Gasteiger partial charge is 0.457 e. The van der Waals surface area contributed by atoms with Crippen molar-refractivity contribution < 1.29 is 19.1 Å². The van der Waals surface area contributed by atoms with E-state index in [1.54, 1.807) is 11.8 Å². The number of carbonyl (C=O) groups is 3. The van der Waals surface area contributed by atoms with Gasteiger partial charge in [0.1, 0.15) is 6.61 Å².